The van der Waals surface area contributed by atoms with Gasteiger partial charge in [0.2, 0.25) is 17.7 Å². The van der Waals surface area contributed by atoms with Crippen molar-refractivity contribution in [3.63, 3.8) is 0 Å². The van der Waals surface area contributed by atoms with Gasteiger partial charge in [0, 0.05) is 35.7 Å². The number of methoxy groups -OCH3 is 1. The van der Waals surface area contributed by atoms with Crippen molar-refractivity contribution in [2.45, 2.75) is 13.3 Å². The lowest BCUT2D eigenvalue weighted by Crippen LogP contribution is -2.28. The maximum absolute atomic E-state index is 12.8. The molecule has 0 saturated carbocycles. The lowest BCUT2D eigenvalue weighted by molar-refractivity contribution is -0.122. The van der Waals surface area contributed by atoms with Gasteiger partial charge in [-0.15, -0.1) is 0 Å². The number of nitrogens with one attached hydrogen (secondary N) is 2. The zero-order valence-electron chi connectivity index (χ0n) is 15.5. The van der Waals surface area contributed by atoms with Gasteiger partial charge in [0.05, 0.1) is 18.7 Å². The van der Waals surface area contributed by atoms with E-state index in [1.165, 1.54) is 14.0 Å². The minimum absolute atomic E-state index is 0.0998. The fourth-order valence-electron chi connectivity index (χ4n) is 3.10. The number of anilines is 3. The van der Waals surface area contributed by atoms with E-state index in [2.05, 4.69) is 26.6 Å². The minimum Gasteiger partial charge on any atom is -0.495 e. The van der Waals surface area contributed by atoms with Crippen LogP contribution in [0.3, 0.4) is 0 Å². The first-order valence-corrected chi connectivity index (χ1v) is 9.49. The predicted octanol–water partition coefficient (Wildman–Crippen LogP) is 3.41. The van der Waals surface area contributed by atoms with Crippen LogP contribution in [0.25, 0.3) is 0 Å². The highest BCUT2D eigenvalue weighted by Crippen LogP contribution is 2.31. The summed E-state index contributed by atoms with van der Waals surface area (Å²) in [6, 6.07) is 12.4. The van der Waals surface area contributed by atoms with Gasteiger partial charge in [0.1, 0.15) is 5.75 Å². The number of rotatable bonds is 5. The summed E-state index contributed by atoms with van der Waals surface area (Å²) >= 11 is 3.40. The topological polar surface area (TPSA) is 87.7 Å². The highest BCUT2D eigenvalue weighted by Gasteiger charge is 2.35. The third kappa shape index (κ3) is 4.51. The van der Waals surface area contributed by atoms with Crippen LogP contribution in [0.15, 0.2) is 46.9 Å². The zero-order valence-corrected chi connectivity index (χ0v) is 17.1. The van der Waals surface area contributed by atoms with Crippen LogP contribution in [0.4, 0.5) is 17.1 Å². The molecule has 3 rings (SSSR count). The third-order valence-electron chi connectivity index (χ3n) is 4.39. The number of nitrogens with zero attached hydrogens (tertiary/aromatic N) is 1. The van der Waals surface area contributed by atoms with E-state index in [4.69, 9.17) is 4.74 Å². The lowest BCUT2D eigenvalue weighted by Gasteiger charge is -2.17. The Labute approximate surface area is 171 Å². The molecule has 1 aliphatic rings. The Morgan fingerprint density at radius 3 is 2.64 bits per heavy atom. The summed E-state index contributed by atoms with van der Waals surface area (Å²) in [6.07, 6.45) is 0.131. The van der Waals surface area contributed by atoms with Gasteiger partial charge in [-0.1, -0.05) is 22.0 Å². The Bertz CT molecular complexity index is 931. The molecule has 0 aromatic heterocycles. The number of halogens is 1. The monoisotopic (exact) mass is 445 g/mol. The summed E-state index contributed by atoms with van der Waals surface area (Å²) in [5.74, 6) is -0.605. The van der Waals surface area contributed by atoms with Gasteiger partial charge in [-0.05, 0) is 36.4 Å². The molecule has 1 unspecified atom stereocenters. The van der Waals surface area contributed by atoms with Gasteiger partial charge in [-0.3, -0.25) is 14.4 Å². The van der Waals surface area contributed by atoms with E-state index in [-0.39, 0.29) is 24.1 Å². The number of amides is 3. The molecule has 2 aromatic rings. The van der Waals surface area contributed by atoms with Crippen LogP contribution in [-0.4, -0.2) is 31.4 Å². The molecule has 146 valence electrons. The number of benzene rings is 2. The molecule has 0 aliphatic carbocycles. The SMILES string of the molecule is COc1ccc(NC(C)=O)cc1NC(=O)C1CC(=O)N(c2cccc(Br)c2)C1. The van der Waals surface area contributed by atoms with Crippen LogP contribution in [0.5, 0.6) is 5.75 Å². The van der Waals surface area contributed by atoms with Gasteiger partial charge in [0.15, 0.2) is 0 Å². The van der Waals surface area contributed by atoms with E-state index in [0.717, 1.165) is 10.2 Å². The van der Waals surface area contributed by atoms with Crippen molar-refractivity contribution in [1.29, 1.82) is 0 Å². The van der Waals surface area contributed by atoms with Crippen molar-refractivity contribution in [3.8, 4) is 5.75 Å². The molecule has 0 spiro atoms. The second-order valence-electron chi connectivity index (χ2n) is 6.47. The zero-order chi connectivity index (χ0) is 20.3. The van der Waals surface area contributed by atoms with Crippen molar-refractivity contribution >= 4 is 50.7 Å². The summed E-state index contributed by atoms with van der Waals surface area (Å²) in [4.78, 5) is 38.1. The largest absolute Gasteiger partial charge is 0.495 e. The standard InChI is InChI=1S/C20H20BrN3O4/c1-12(25)22-15-6-7-18(28-2)17(10-15)23-20(27)13-8-19(26)24(11-13)16-5-3-4-14(21)9-16/h3-7,9-10,13H,8,11H2,1-2H3,(H,22,25)(H,23,27). The van der Waals surface area contributed by atoms with Gasteiger partial charge < -0.3 is 20.3 Å². The first-order chi connectivity index (χ1) is 13.4. The first kappa shape index (κ1) is 19.9. The third-order valence-corrected chi connectivity index (χ3v) is 4.89. The average molecular weight is 446 g/mol. The number of carbonyl (C=O) groups excluding carboxylic acids is 3. The van der Waals surface area contributed by atoms with Gasteiger partial charge in [-0.25, -0.2) is 0 Å². The van der Waals surface area contributed by atoms with Gasteiger partial charge in [-0.2, -0.15) is 0 Å². The summed E-state index contributed by atoms with van der Waals surface area (Å²) in [5.41, 5.74) is 1.73. The summed E-state index contributed by atoms with van der Waals surface area (Å²) in [7, 11) is 1.50. The normalized spacial score (nSPS) is 16.0. The van der Waals surface area contributed by atoms with Gasteiger partial charge >= 0.3 is 0 Å². The minimum atomic E-state index is -0.486. The quantitative estimate of drug-likeness (QED) is 0.737. The maximum atomic E-state index is 12.8. The smallest absolute Gasteiger partial charge is 0.229 e. The van der Waals surface area contributed by atoms with Crippen molar-refractivity contribution in [3.05, 3.63) is 46.9 Å². The van der Waals surface area contributed by atoms with Crippen LogP contribution < -0.4 is 20.3 Å². The number of ether oxygens (including phenoxy) is 1. The Morgan fingerprint density at radius 2 is 1.96 bits per heavy atom. The Morgan fingerprint density at radius 1 is 1.18 bits per heavy atom. The van der Waals surface area contributed by atoms with Crippen LogP contribution >= 0.6 is 15.9 Å². The molecule has 28 heavy (non-hydrogen) atoms. The van der Waals surface area contributed by atoms with E-state index in [1.807, 2.05) is 24.3 Å². The Balaban J connectivity index is 1.75. The van der Waals surface area contributed by atoms with E-state index < -0.39 is 5.92 Å². The highest BCUT2D eigenvalue weighted by molar-refractivity contribution is 9.10. The molecule has 7 nitrogen and oxygen atoms in total. The van der Waals surface area contributed by atoms with Crippen molar-refractivity contribution in [2.24, 2.45) is 5.92 Å². The highest BCUT2D eigenvalue weighted by atomic mass is 79.9. The second kappa shape index (κ2) is 8.43. The number of hydrogen-bond donors (Lipinski definition) is 2. The fraction of sp³-hybridized carbons (Fsp3) is 0.250. The van der Waals surface area contributed by atoms with Crippen molar-refractivity contribution < 1.29 is 19.1 Å². The van der Waals surface area contributed by atoms with Gasteiger partial charge in [0.25, 0.3) is 0 Å². The molecule has 8 heteroatoms. The van der Waals surface area contributed by atoms with Crippen molar-refractivity contribution in [1.82, 2.24) is 0 Å². The fourth-order valence-corrected chi connectivity index (χ4v) is 3.49. The van der Waals surface area contributed by atoms with Crippen LogP contribution in [0, 0.1) is 5.92 Å². The van der Waals surface area contributed by atoms with E-state index >= 15 is 0 Å². The van der Waals surface area contributed by atoms with Crippen LogP contribution in [0.1, 0.15) is 13.3 Å². The number of carbonyl (C=O) groups is 3. The molecule has 1 heterocycles. The molecule has 1 saturated heterocycles. The Hall–Kier alpha value is -2.87. The molecule has 0 radical (unpaired) electrons. The molecular weight excluding hydrogens is 426 g/mol. The van der Waals surface area contributed by atoms with E-state index in [1.54, 1.807) is 23.1 Å². The maximum Gasteiger partial charge on any atom is 0.229 e. The van der Waals surface area contributed by atoms with Crippen LogP contribution in [0.2, 0.25) is 0 Å². The molecule has 1 atom stereocenters. The average Bonchev–Trinajstić information content (AvgIpc) is 3.03. The van der Waals surface area contributed by atoms with E-state index in [9.17, 15) is 14.4 Å². The summed E-state index contributed by atoms with van der Waals surface area (Å²) in [6.45, 7) is 1.71. The van der Waals surface area contributed by atoms with Crippen molar-refractivity contribution in [2.75, 3.05) is 29.2 Å². The molecule has 1 aliphatic heterocycles. The molecular formula is C20H20BrN3O4. The molecule has 1 fully saturated rings. The van der Waals surface area contributed by atoms with Crippen LogP contribution in [-0.2, 0) is 14.4 Å². The molecule has 0 bridgehead atoms. The molecule has 2 N–H and O–H groups in total. The van der Waals surface area contributed by atoms with E-state index in [0.29, 0.717) is 23.7 Å². The first-order valence-electron chi connectivity index (χ1n) is 8.70. The molecule has 3 amide bonds. The lowest BCUT2D eigenvalue weighted by atomic mass is 10.1. The number of hydrogen-bond acceptors (Lipinski definition) is 4. The molecule has 2 aromatic carbocycles. The Kier molecular flexibility index (Phi) is 5.99. The predicted molar refractivity (Wildman–Crippen MR) is 111 cm³/mol. The summed E-state index contributed by atoms with van der Waals surface area (Å²) < 4.78 is 6.15. The summed E-state index contributed by atoms with van der Waals surface area (Å²) in [5, 5.41) is 5.49. The second-order valence-corrected chi connectivity index (χ2v) is 7.39.